The van der Waals surface area contributed by atoms with Gasteiger partial charge in [0.2, 0.25) is 0 Å². The number of hydrogen-bond donors (Lipinski definition) is 1. The summed E-state index contributed by atoms with van der Waals surface area (Å²) in [4.78, 5) is 0. The van der Waals surface area contributed by atoms with Crippen LogP contribution in [0.25, 0.3) is 0 Å². The number of para-hydroxylation sites is 1. The van der Waals surface area contributed by atoms with Crippen LogP contribution in [0.15, 0.2) is 42.5 Å². The molecule has 0 aliphatic carbocycles. The highest BCUT2D eigenvalue weighted by Gasteiger charge is 2.33. The molecule has 27 heavy (non-hydrogen) atoms. The second-order valence-corrected chi connectivity index (χ2v) is 7.34. The Morgan fingerprint density at radius 2 is 1.74 bits per heavy atom. The van der Waals surface area contributed by atoms with Crippen molar-refractivity contribution in [2.45, 2.75) is 38.1 Å². The Bertz CT molecular complexity index is 721. The zero-order valence-electron chi connectivity index (χ0n) is 16.7. The zero-order valence-corrected chi connectivity index (χ0v) is 16.7. The van der Waals surface area contributed by atoms with Gasteiger partial charge in [0, 0.05) is 30.7 Å². The molecule has 2 aromatic rings. The lowest BCUT2D eigenvalue weighted by atomic mass is 9.71. The second kappa shape index (κ2) is 9.25. The van der Waals surface area contributed by atoms with E-state index in [-0.39, 0.29) is 5.41 Å². The molecule has 1 aliphatic rings. The van der Waals surface area contributed by atoms with Gasteiger partial charge in [0.15, 0.2) is 11.5 Å². The number of benzene rings is 2. The highest BCUT2D eigenvalue weighted by atomic mass is 16.5. The van der Waals surface area contributed by atoms with E-state index in [4.69, 9.17) is 14.2 Å². The highest BCUT2D eigenvalue weighted by molar-refractivity contribution is 5.46. The third-order valence-corrected chi connectivity index (χ3v) is 5.69. The van der Waals surface area contributed by atoms with Gasteiger partial charge in [0.25, 0.3) is 0 Å². The van der Waals surface area contributed by atoms with Gasteiger partial charge in [0.1, 0.15) is 0 Å². The summed E-state index contributed by atoms with van der Waals surface area (Å²) >= 11 is 0. The second-order valence-electron chi connectivity index (χ2n) is 7.34. The average Bonchev–Trinajstić information content (AvgIpc) is 2.72. The Hall–Kier alpha value is -2.04. The quantitative estimate of drug-likeness (QED) is 0.707. The molecule has 4 nitrogen and oxygen atoms in total. The molecule has 4 heteroatoms. The lowest BCUT2D eigenvalue weighted by Crippen LogP contribution is -2.36. The monoisotopic (exact) mass is 369 g/mol. The summed E-state index contributed by atoms with van der Waals surface area (Å²) in [5, 5.41) is 3.60. The molecule has 3 rings (SSSR count). The normalized spacial score (nSPS) is 16.1. The first-order valence-electron chi connectivity index (χ1n) is 9.74. The molecule has 0 spiro atoms. The third kappa shape index (κ3) is 4.63. The lowest BCUT2D eigenvalue weighted by molar-refractivity contribution is 0.0468. The predicted octanol–water partition coefficient (Wildman–Crippen LogP) is 4.24. The van der Waals surface area contributed by atoms with E-state index >= 15 is 0 Å². The van der Waals surface area contributed by atoms with Gasteiger partial charge in [-0.15, -0.1) is 0 Å². The first-order valence-corrected chi connectivity index (χ1v) is 9.74. The van der Waals surface area contributed by atoms with Gasteiger partial charge in [-0.05, 0) is 44.4 Å². The molecule has 0 saturated carbocycles. The molecule has 1 aliphatic heterocycles. The Morgan fingerprint density at radius 3 is 2.41 bits per heavy atom. The molecule has 0 aromatic heterocycles. The standard InChI is InChI=1S/C23H31NO3/c1-18-7-9-20(10-8-18)23(12-15-27-16-13-23)11-14-24-17-19-5-4-6-21(25-2)22(19)26-3/h4-10,24H,11-17H2,1-3H3. The van der Waals surface area contributed by atoms with Crippen LogP contribution in [0.5, 0.6) is 11.5 Å². The van der Waals surface area contributed by atoms with Crippen molar-refractivity contribution in [3.05, 3.63) is 59.2 Å². The Balaban J connectivity index is 1.64. The number of ether oxygens (including phenoxy) is 3. The molecule has 1 saturated heterocycles. The maximum absolute atomic E-state index is 5.65. The van der Waals surface area contributed by atoms with E-state index in [2.05, 4.69) is 42.6 Å². The van der Waals surface area contributed by atoms with Crippen molar-refractivity contribution < 1.29 is 14.2 Å². The van der Waals surface area contributed by atoms with Crippen LogP contribution in [0.1, 0.15) is 36.0 Å². The van der Waals surface area contributed by atoms with Crippen molar-refractivity contribution >= 4 is 0 Å². The summed E-state index contributed by atoms with van der Waals surface area (Å²) in [6, 6.07) is 15.1. The van der Waals surface area contributed by atoms with Crippen LogP contribution in [0.2, 0.25) is 0 Å². The minimum Gasteiger partial charge on any atom is -0.493 e. The van der Waals surface area contributed by atoms with E-state index in [0.717, 1.165) is 62.6 Å². The predicted molar refractivity (Wildman–Crippen MR) is 109 cm³/mol. The largest absolute Gasteiger partial charge is 0.493 e. The van der Waals surface area contributed by atoms with Gasteiger partial charge >= 0.3 is 0 Å². The van der Waals surface area contributed by atoms with Crippen molar-refractivity contribution in [1.29, 1.82) is 0 Å². The van der Waals surface area contributed by atoms with Crippen LogP contribution >= 0.6 is 0 Å². The van der Waals surface area contributed by atoms with Crippen LogP contribution in [-0.2, 0) is 16.7 Å². The van der Waals surface area contributed by atoms with E-state index in [1.54, 1.807) is 14.2 Å². The summed E-state index contributed by atoms with van der Waals surface area (Å²) in [6.07, 6.45) is 3.27. The number of nitrogens with one attached hydrogen (secondary N) is 1. The van der Waals surface area contributed by atoms with Gasteiger partial charge in [-0.3, -0.25) is 0 Å². The summed E-state index contributed by atoms with van der Waals surface area (Å²) in [5.41, 5.74) is 4.08. The van der Waals surface area contributed by atoms with Crippen molar-refractivity contribution in [3.8, 4) is 11.5 Å². The lowest BCUT2D eigenvalue weighted by Gasteiger charge is -2.38. The smallest absolute Gasteiger partial charge is 0.165 e. The van der Waals surface area contributed by atoms with E-state index < -0.39 is 0 Å². The number of methoxy groups -OCH3 is 2. The van der Waals surface area contributed by atoms with Crippen molar-refractivity contribution in [3.63, 3.8) is 0 Å². The van der Waals surface area contributed by atoms with Crippen LogP contribution in [-0.4, -0.2) is 34.0 Å². The average molecular weight is 370 g/mol. The zero-order chi connectivity index (χ0) is 19.1. The fourth-order valence-corrected chi connectivity index (χ4v) is 4.00. The topological polar surface area (TPSA) is 39.7 Å². The molecule has 1 N–H and O–H groups in total. The Kier molecular flexibility index (Phi) is 6.75. The summed E-state index contributed by atoms with van der Waals surface area (Å²) in [7, 11) is 3.36. The van der Waals surface area contributed by atoms with Gasteiger partial charge in [-0.25, -0.2) is 0 Å². The maximum atomic E-state index is 5.65. The molecule has 0 bridgehead atoms. The minimum absolute atomic E-state index is 0.206. The molecule has 1 heterocycles. The molecule has 0 amide bonds. The summed E-state index contributed by atoms with van der Waals surface area (Å²) < 4.78 is 16.6. The summed E-state index contributed by atoms with van der Waals surface area (Å²) in [5.74, 6) is 1.59. The molecule has 1 fully saturated rings. The Labute approximate surface area is 162 Å². The van der Waals surface area contributed by atoms with Crippen LogP contribution < -0.4 is 14.8 Å². The molecule has 0 radical (unpaired) electrons. The SMILES string of the molecule is COc1cccc(CNCCC2(c3ccc(C)cc3)CCOCC2)c1OC. The number of aryl methyl sites for hydroxylation is 1. The molecular weight excluding hydrogens is 338 g/mol. The van der Waals surface area contributed by atoms with Gasteiger partial charge < -0.3 is 19.5 Å². The fraction of sp³-hybridized carbons (Fsp3) is 0.478. The molecular formula is C23H31NO3. The van der Waals surface area contributed by atoms with E-state index in [0.29, 0.717) is 0 Å². The molecule has 2 aromatic carbocycles. The van der Waals surface area contributed by atoms with Gasteiger partial charge in [0.05, 0.1) is 14.2 Å². The van der Waals surface area contributed by atoms with Crippen molar-refractivity contribution in [2.24, 2.45) is 0 Å². The van der Waals surface area contributed by atoms with E-state index in [9.17, 15) is 0 Å². The van der Waals surface area contributed by atoms with E-state index in [1.165, 1.54) is 11.1 Å². The van der Waals surface area contributed by atoms with Crippen LogP contribution in [0.4, 0.5) is 0 Å². The van der Waals surface area contributed by atoms with Crippen molar-refractivity contribution in [2.75, 3.05) is 34.0 Å². The van der Waals surface area contributed by atoms with Gasteiger partial charge in [-0.1, -0.05) is 42.0 Å². The van der Waals surface area contributed by atoms with E-state index in [1.807, 2.05) is 12.1 Å². The number of rotatable bonds is 8. The fourth-order valence-electron chi connectivity index (χ4n) is 4.00. The molecule has 0 atom stereocenters. The van der Waals surface area contributed by atoms with Crippen molar-refractivity contribution in [1.82, 2.24) is 5.32 Å². The molecule has 146 valence electrons. The van der Waals surface area contributed by atoms with Gasteiger partial charge in [-0.2, -0.15) is 0 Å². The number of hydrogen-bond acceptors (Lipinski definition) is 4. The first-order chi connectivity index (χ1) is 13.2. The van der Waals surface area contributed by atoms with Crippen LogP contribution in [0, 0.1) is 6.92 Å². The first kappa shape index (κ1) is 19.7. The third-order valence-electron chi connectivity index (χ3n) is 5.69. The summed E-state index contributed by atoms with van der Waals surface area (Å²) in [6.45, 7) is 5.55. The highest BCUT2D eigenvalue weighted by Crippen LogP contribution is 2.38. The Morgan fingerprint density at radius 1 is 1.00 bits per heavy atom. The maximum Gasteiger partial charge on any atom is 0.165 e. The van der Waals surface area contributed by atoms with Crippen LogP contribution in [0.3, 0.4) is 0 Å². The molecule has 0 unspecified atom stereocenters. The minimum atomic E-state index is 0.206.